The highest BCUT2D eigenvalue weighted by Gasteiger charge is 2.08. The van der Waals surface area contributed by atoms with E-state index in [1.165, 1.54) is 0 Å². The molecule has 0 saturated heterocycles. The molecule has 0 unspecified atom stereocenters. The van der Waals surface area contributed by atoms with Crippen LogP contribution in [0.3, 0.4) is 0 Å². The molecule has 100 valence electrons. The summed E-state index contributed by atoms with van der Waals surface area (Å²) in [5.74, 6) is 1.52. The molecule has 1 heterocycles. The van der Waals surface area contributed by atoms with E-state index in [0.717, 1.165) is 5.56 Å². The van der Waals surface area contributed by atoms with Gasteiger partial charge in [0.2, 0.25) is 5.95 Å². The van der Waals surface area contributed by atoms with Gasteiger partial charge in [0, 0.05) is 23.2 Å². The fourth-order valence-electron chi connectivity index (χ4n) is 1.58. The van der Waals surface area contributed by atoms with Crippen LogP contribution >= 0.6 is 27.5 Å². The molecule has 0 fully saturated rings. The summed E-state index contributed by atoms with van der Waals surface area (Å²) in [5.41, 5.74) is 6.48. The molecule has 7 heteroatoms. The lowest BCUT2D eigenvalue weighted by Gasteiger charge is -2.11. The molecule has 2 aromatic rings. The van der Waals surface area contributed by atoms with Crippen LogP contribution in [0.1, 0.15) is 5.56 Å². The Morgan fingerprint density at radius 2 is 2.21 bits per heavy atom. The molecule has 0 atom stereocenters. The van der Waals surface area contributed by atoms with E-state index in [1.54, 1.807) is 19.2 Å². The molecule has 3 N–H and O–H groups in total. The van der Waals surface area contributed by atoms with E-state index in [1.807, 2.05) is 12.1 Å². The summed E-state index contributed by atoms with van der Waals surface area (Å²) < 4.78 is 5.88. The summed E-state index contributed by atoms with van der Waals surface area (Å²) in [6.07, 6.45) is 0. The summed E-state index contributed by atoms with van der Waals surface area (Å²) in [6.45, 7) is 0.443. The Morgan fingerprint density at radius 3 is 2.89 bits per heavy atom. The van der Waals surface area contributed by atoms with Crippen molar-refractivity contribution in [2.75, 3.05) is 18.2 Å². The number of nitrogens with zero attached hydrogens (tertiary/aromatic N) is 2. The molecule has 2 rings (SSSR count). The lowest BCUT2D eigenvalue weighted by molar-refractivity contribution is 0.410. The van der Waals surface area contributed by atoms with E-state index in [4.69, 9.17) is 22.1 Å². The maximum absolute atomic E-state index is 6.14. The molecule has 0 aliphatic rings. The van der Waals surface area contributed by atoms with Gasteiger partial charge in [0.1, 0.15) is 16.2 Å². The van der Waals surface area contributed by atoms with E-state index in [-0.39, 0.29) is 0 Å². The van der Waals surface area contributed by atoms with Gasteiger partial charge in [0.05, 0.1) is 7.11 Å². The van der Waals surface area contributed by atoms with Crippen molar-refractivity contribution in [1.82, 2.24) is 9.97 Å². The minimum absolute atomic E-state index is 0.385. The Kier molecular flexibility index (Phi) is 4.44. The first kappa shape index (κ1) is 13.9. The Labute approximate surface area is 124 Å². The second-order valence-electron chi connectivity index (χ2n) is 3.71. The molecule has 0 bridgehead atoms. The van der Waals surface area contributed by atoms with Crippen LogP contribution in [0.5, 0.6) is 5.75 Å². The number of anilines is 2. The van der Waals surface area contributed by atoms with Gasteiger partial charge in [0.15, 0.2) is 0 Å². The SMILES string of the molecule is COc1cccc(Cl)c1CNc1nc(N)cc(Br)n1. The number of halogens is 2. The predicted molar refractivity (Wildman–Crippen MR) is 79.5 cm³/mol. The molecule has 0 saturated carbocycles. The third-order valence-electron chi connectivity index (χ3n) is 2.43. The molecule has 19 heavy (non-hydrogen) atoms. The predicted octanol–water partition coefficient (Wildman–Crippen LogP) is 3.10. The fraction of sp³-hybridized carbons (Fsp3) is 0.167. The average molecular weight is 344 g/mol. The Bertz CT molecular complexity index is 574. The van der Waals surface area contributed by atoms with Gasteiger partial charge in [-0.25, -0.2) is 4.98 Å². The molecular formula is C12H12BrClN4O. The van der Waals surface area contributed by atoms with Gasteiger partial charge in [-0.15, -0.1) is 0 Å². The number of nitrogen functional groups attached to an aromatic ring is 1. The van der Waals surface area contributed by atoms with Crippen LogP contribution in [-0.4, -0.2) is 17.1 Å². The molecule has 1 aromatic heterocycles. The van der Waals surface area contributed by atoms with Crippen LogP contribution in [0.25, 0.3) is 0 Å². The zero-order valence-corrected chi connectivity index (χ0v) is 12.5. The van der Waals surface area contributed by atoms with E-state index in [9.17, 15) is 0 Å². The van der Waals surface area contributed by atoms with E-state index < -0.39 is 0 Å². The van der Waals surface area contributed by atoms with Gasteiger partial charge in [-0.1, -0.05) is 17.7 Å². The number of methoxy groups -OCH3 is 1. The van der Waals surface area contributed by atoms with E-state index >= 15 is 0 Å². The zero-order chi connectivity index (χ0) is 13.8. The number of hydrogen-bond donors (Lipinski definition) is 2. The number of nitrogens with two attached hydrogens (primary N) is 1. The zero-order valence-electron chi connectivity index (χ0n) is 10.2. The van der Waals surface area contributed by atoms with Crippen molar-refractivity contribution >= 4 is 39.3 Å². The lowest BCUT2D eigenvalue weighted by Crippen LogP contribution is -2.07. The first-order chi connectivity index (χ1) is 9.10. The summed E-state index contributed by atoms with van der Waals surface area (Å²) in [6, 6.07) is 7.11. The first-order valence-electron chi connectivity index (χ1n) is 5.45. The minimum atomic E-state index is 0.385. The number of benzene rings is 1. The van der Waals surface area contributed by atoms with Gasteiger partial charge >= 0.3 is 0 Å². The number of ether oxygens (including phenoxy) is 1. The second kappa shape index (κ2) is 6.08. The summed E-state index contributed by atoms with van der Waals surface area (Å²) in [5, 5.41) is 3.68. The summed E-state index contributed by atoms with van der Waals surface area (Å²) in [7, 11) is 1.60. The Morgan fingerprint density at radius 1 is 1.42 bits per heavy atom. The highest BCUT2D eigenvalue weighted by atomic mass is 79.9. The minimum Gasteiger partial charge on any atom is -0.496 e. The molecule has 0 spiro atoms. The normalized spacial score (nSPS) is 10.3. The van der Waals surface area contributed by atoms with Crippen molar-refractivity contribution in [3.63, 3.8) is 0 Å². The Hall–Kier alpha value is -1.53. The maximum atomic E-state index is 6.14. The van der Waals surface area contributed by atoms with Crippen molar-refractivity contribution in [3.05, 3.63) is 39.5 Å². The largest absolute Gasteiger partial charge is 0.496 e. The quantitative estimate of drug-likeness (QED) is 0.835. The molecule has 0 radical (unpaired) electrons. The van der Waals surface area contributed by atoms with Crippen LogP contribution < -0.4 is 15.8 Å². The third kappa shape index (κ3) is 3.48. The van der Waals surface area contributed by atoms with Gasteiger partial charge in [-0.05, 0) is 28.1 Å². The Balaban J connectivity index is 2.18. The molecule has 0 amide bonds. The average Bonchev–Trinajstić information content (AvgIpc) is 2.36. The van der Waals surface area contributed by atoms with Gasteiger partial charge < -0.3 is 15.8 Å². The maximum Gasteiger partial charge on any atom is 0.225 e. The van der Waals surface area contributed by atoms with E-state index in [0.29, 0.717) is 33.7 Å². The number of aromatic nitrogens is 2. The van der Waals surface area contributed by atoms with Gasteiger partial charge in [0.25, 0.3) is 0 Å². The standard InChI is InChI=1S/C12H12BrClN4O/c1-19-9-4-2-3-8(14)7(9)6-16-12-17-10(13)5-11(15)18-12/h2-5H,6H2,1H3,(H3,15,16,17,18). The van der Waals surface area contributed by atoms with Crippen molar-refractivity contribution in [3.8, 4) is 5.75 Å². The highest BCUT2D eigenvalue weighted by molar-refractivity contribution is 9.10. The van der Waals surface area contributed by atoms with Crippen molar-refractivity contribution in [2.45, 2.75) is 6.54 Å². The second-order valence-corrected chi connectivity index (χ2v) is 4.93. The smallest absolute Gasteiger partial charge is 0.225 e. The monoisotopic (exact) mass is 342 g/mol. The van der Waals surface area contributed by atoms with Gasteiger partial charge in [-0.2, -0.15) is 4.98 Å². The van der Waals surface area contributed by atoms with Crippen LogP contribution in [0.2, 0.25) is 5.02 Å². The topological polar surface area (TPSA) is 73.1 Å². The molecule has 1 aromatic carbocycles. The third-order valence-corrected chi connectivity index (χ3v) is 3.19. The van der Waals surface area contributed by atoms with Crippen LogP contribution in [0, 0.1) is 0 Å². The number of rotatable bonds is 4. The number of nitrogens with one attached hydrogen (secondary N) is 1. The van der Waals surface area contributed by atoms with Crippen LogP contribution in [0.15, 0.2) is 28.9 Å². The number of hydrogen-bond acceptors (Lipinski definition) is 5. The first-order valence-corrected chi connectivity index (χ1v) is 6.62. The highest BCUT2D eigenvalue weighted by Crippen LogP contribution is 2.26. The van der Waals surface area contributed by atoms with Crippen LogP contribution in [-0.2, 0) is 6.54 Å². The summed E-state index contributed by atoms with van der Waals surface area (Å²) >= 11 is 9.40. The van der Waals surface area contributed by atoms with E-state index in [2.05, 4.69) is 31.2 Å². The molecular weight excluding hydrogens is 332 g/mol. The van der Waals surface area contributed by atoms with Crippen LogP contribution in [0.4, 0.5) is 11.8 Å². The molecule has 0 aliphatic carbocycles. The van der Waals surface area contributed by atoms with Gasteiger partial charge in [-0.3, -0.25) is 0 Å². The lowest BCUT2D eigenvalue weighted by atomic mass is 10.2. The molecule has 5 nitrogen and oxygen atoms in total. The fourth-order valence-corrected chi connectivity index (χ4v) is 2.22. The molecule has 0 aliphatic heterocycles. The van der Waals surface area contributed by atoms with Crippen molar-refractivity contribution < 1.29 is 4.74 Å². The summed E-state index contributed by atoms with van der Waals surface area (Å²) in [4.78, 5) is 8.24. The van der Waals surface area contributed by atoms with Crippen molar-refractivity contribution in [2.24, 2.45) is 0 Å². The van der Waals surface area contributed by atoms with Crippen molar-refractivity contribution in [1.29, 1.82) is 0 Å².